The summed E-state index contributed by atoms with van der Waals surface area (Å²) in [5.41, 5.74) is 1.37. The molecular weight excluding hydrogens is 445 g/mol. The Balaban J connectivity index is 1.20. The van der Waals surface area contributed by atoms with E-state index in [-0.39, 0.29) is 17.5 Å². The molecule has 1 spiro atoms. The normalized spacial score (nSPS) is 21.7. The SMILES string of the molecule is O=c1c2ccc(OC[C@H]3CCCO3)cc2ccn1-c1ccc(N2CCC3(CCNC3)CC2)c(F)c1. The monoisotopic (exact) mass is 477 g/mol. The van der Waals surface area contributed by atoms with E-state index in [2.05, 4.69) is 10.2 Å². The average molecular weight is 478 g/mol. The minimum Gasteiger partial charge on any atom is -0.491 e. The highest BCUT2D eigenvalue weighted by Crippen LogP contribution is 2.38. The largest absolute Gasteiger partial charge is 0.491 e. The second-order valence-electron chi connectivity index (χ2n) is 10.2. The zero-order chi connectivity index (χ0) is 23.8. The molecule has 3 aromatic rings. The summed E-state index contributed by atoms with van der Waals surface area (Å²) in [6.45, 7) is 5.21. The molecule has 0 bridgehead atoms. The molecule has 1 aromatic heterocycles. The lowest BCUT2D eigenvalue weighted by atomic mass is 9.78. The molecule has 0 unspecified atom stereocenters. The van der Waals surface area contributed by atoms with Crippen molar-refractivity contribution in [2.75, 3.05) is 44.3 Å². The Morgan fingerprint density at radius 3 is 2.74 bits per heavy atom. The molecule has 1 N–H and O–H groups in total. The summed E-state index contributed by atoms with van der Waals surface area (Å²) in [5.74, 6) is 0.435. The number of nitrogens with one attached hydrogen (secondary N) is 1. The van der Waals surface area contributed by atoms with Gasteiger partial charge in [0.2, 0.25) is 0 Å². The Labute approximate surface area is 204 Å². The lowest BCUT2D eigenvalue weighted by Gasteiger charge is -2.40. The van der Waals surface area contributed by atoms with E-state index in [1.807, 2.05) is 30.3 Å². The average Bonchev–Trinajstić information content (AvgIpc) is 3.56. The van der Waals surface area contributed by atoms with Gasteiger partial charge in [0.1, 0.15) is 18.2 Å². The van der Waals surface area contributed by atoms with Crippen molar-refractivity contribution in [2.45, 2.75) is 38.2 Å². The van der Waals surface area contributed by atoms with Crippen LogP contribution in [0.15, 0.2) is 53.5 Å². The van der Waals surface area contributed by atoms with Crippen LogP contribution in [-0.2, 0) is 4.74 Å². The van der Waals surface area contributed by atoms with Gasteiger partial charge in [-0.05, 0) is 85.8 Å². The number of fused-ring (bicyclic) bond motifs is 1. The Hall–Kier alpha value is -2.90. The first kappa shape index (κ1) is 22.6. The first-order valence-electron chi connectivity index (χ1n) is 12.8. The maximum Gasteiger partial charge on any atom is 0.262 e. The van der Waals surface area contributed by atoms with E-state index in [9.17, 15) is 4.79 Å². The molecule has 3 aliphatic heterocycles. The molecule has 3 saturated heterocycles. The van der Waals surface area contributed by atoms with Gasteiger partial charge in [-0.3, -0.25) is 9.36 Å². The van der Waals surface area contributed by atoms with E-state index in [1.54, 1.807) is 12.3 Å². The van der Waals surface area contributed by atoms with Crippen LogP contribution in [0.4, 0.5) is 10.1 Å². The third-order valence-electron chi connectivity index (χ3n) is 8.04. The number of nitrogens with zero attached hydrogens (tertiary/aromatic N) is 2. The van der Waals surface area contributed by atoms with E-state index < -0.39 is 0 Å². The van der Waals surface area contributed by atoms with Crippen molar-refractivity contribution in [2.24, 2.45) is 5.41 Å². The van der Waals surface area contributed by atoms with Crippen LogP contribution in [0.1, 0.15) is 32.1 Å². The Kier molecular flexibility index (Phi) is 5.98. The van der Waals surface area contributed by atoms with Gasteiger partial charge < -0.3 is 19.7 Å². The van der Waals surface area contributed by atoms with E-state index >= 15 is 4.39 Å². The molecule has 4 heterocycles. The highest BCUT2D eigenvalue weighted by atomic mass is 19.1. The lowest BCUT2D eigenvalue weighted by Crippen LogP contribution is -2.41. The smallest absolute Gasteiger partial charge is 0.262 e. The van der Waals surface area contributed by atoms with E-state index in [0.717, 1.165) is 69.6 Å². The third kappa shape index (κ3) is 4.43. The molecule has 0 saturated carbocycles. The zero-order valence-electron chi connectivity index (χ0n) is 20.0. The summed E-state index contributed by atoms with van der Waals surface area (Å²) < 4.78 is 28.2. The number of hydrogen-bond donors (Lipinski definition) is 1. The van der Waals surface area contributed by atoms with Gasteiger partial charge in [-0.15, -0.1) is 0 Å². The third-order valence-corrected chi connectivity index (χ3v) is 8.04. The minimum atomic E-state index is -0.284. The van der Waals surface area contributed by atoms with Gasteiger partial charge in [0.05, 0.1) is 17.5 Å². The van der Waals surface area contributed by atoms with Crippen LogP contribution in [0.5, 0.6) is 5.75 Å². The molecular formula is C28H32FN3O3. The van der Waals surface area contributed by atoms with Gasteiger partial charge >= 0.3 is 0 Å². The van der Waals surface area contributed by atoms with Crippen LogP contribution < -0.4 is 20.5 Å². The van der Waals surface area contributed by atoms with E-state index in [1.165, 1.54) is 17.1 Å². The molecule has 3 fully saturated rings. The number of halogens is 1. The van der Waals surface area contributed by atoms with Crippen LogP contribution >= 0.6 is 0 Å². The van der Waals surface area contributed by atoms with Crippen LogP contribution in [0.3, 0.4) is 0 Å². The maximum absolute atomic E-state index is 15.2. The lowest BCUT2D eigenvalue weighted by molar-refractivity contribution is 0.0680. The second kappa shape index (κ2) is 9.28. The summed E-state index contributed by atoms with van der Waals surface area (Å²) in [6.07, 6.45) is 7.33. The van der Waals surface area contributed by atoms with E-state index in [4.69, 9.17) is 9.47 Å². The summed E-state index contributed by atoms with van der Waals surface area (Å²) in [4.78, 5) is 15.4. The number of ether oxygens (including phenoxy) is 2. The predicted molar refractivity (Wildman–Crippen MR) is 135 cm³/mol. The van der Waals surface area contributed by atoms with Gasteiger partial charge in [-0.25, -0.2) is 4.39 Å². The summed E-state index contributed by atoms with van der Waals surface area (Å²) in [5, 5.41) is 4.86. The van der Waals surface area contributed by atoms with Crippen LogP contribution in [0.2, 0.25) is 0 Å². The number of rotatable bonds is 5. The molecule has 3 aliphatic rings. The molecule has 6 rings (SSSR count). The Bertz CT molecular complexity index is 1270. The fourth-order valence-electron chi connectivity index (χ4n) is 5.83. The number of benzene rings is 2. The van der Waals surface area contributed by atoms with Gasteiger partial charge in [0.25, 0.3) is 5.56 Å². The molecule has 0 aliphatic carbocycles. The fraction of sp³-hybridized carbons (Fsp3) is 0.464. The summed E-state index contributed by atoms with van der Waals surface area (Å²) in [7, 11) is 0. The number of hydrogen-bond acceptors (Lipinski definition) is 5. The molecule has 6 nitrogen and oxygen atoms in total. The van der Waals surface area contributed by atoms with E-state index in [0.29, 0.717) is 28.8 Å². The van der Waals surface area contributed by atoms with Crippen molar-refractivity contribution in [3.63, 3.8) is 0 Å². The van der Waals surface area contributed by atoms with Crippen LogP contribution in [-0.4, -0.2) is 50.1 Å². The minimum absolute atomic E-state index is 0.141. The number of pyridine rings is 1. The molecule has 0 amide bonds. The highest BCUT2D eigenvalue weighted by Gasteiger charge is 2.37. The van der Waals surface area contributed by atoms with Gasteiger partial charge in [-0.1, -0.05) is 0 Å². The van der Waals surface area contributed by atoms with Gasteiger partial charge in [-0.2, -0.15) is 0 Å². The van der Waals surface area contributed by atoms with Crippen molar-refractivity contribution in [3.05, 3.63) is 64.8 Å². The Morgan fingerprint density at radius 1 is 1.11 bits per heavy atom. The van der Waals surface area contributed by atoms with Crippen LogP contribution in [0.25, 0.3) is 16.5 Å². The molecule has 35 heavy (non-hydrogen) atoms. The topological polar surface area (TPSA) is 55.7 Å². The number of aromatic nitrogens is 1. The van der Waals surface area contributed by atoms with Crippen molar-refractivity contribution in [3.8, 4) is 11.4 Å². The van der Waals surface area contributed by atoms with Crippen molar-refractivity contribution in [1.82, 2.24) is 9.88 Å². The molecule has 1 atom stereocenters. The van der Waals surface area contributed by atoms with Crippen LogP contribution in [0, 0.1) is 11.2 Å². The van der Waals surface area contributed by atoms with Gasteiger partial charge in [0, 0.05) is 43.9 Å². The molecule has 184 valence electrons. The maximum atomic E-state index is 15.2. The van der Waals surface area contributed by atoms with Crippen molar-refractivity contribution >= 4 is 16.5 Å². The molecule has 7 heteroatoms. The molecule has 2 aromatic carbocycles. The zero-order valence-corrected chi connectivity index (χ0v) is 20.0. The van der Waals surface area contributed by atoms with Gasteiger partial charge in [0.15, 0.2) is 0 Å². The summed E-state index contributed by atoms with van der Waals surface area (Å²) in [6, 6.07) is 12.5. The highest BCUT2D eigenvalue weighted by molar-refractivity contribution is 5.83. The van der Waals surface area contributed by atoms with Crippen molar-refractivity contribution in [1.29, 1.82) is 0 Å². The quantitative estimate of drug-likeness (QED) is 0.595. The second-order valence-corrected chi connectivity index (χ2v) is 10.2. The predicted octanol–water partition coefficient (Wildman–Crippen LogP) is 4.27. The van der Waals surface area contributed by atoms with Crippen molar-refractivity contribution < 1.29 is 13.9 Å². The first-order valence-corrected chi connectivity index (χ1v) is 12.8. The first-order chi connectivity index (χ1) is 17.1. The standard InChI is InChI=1S/C28H32FN3O3/c29-25-17-21(3-6-26(25)31-13-9-28(10-14-31)8-11-30-19-28)32-12-7-20-16-22(4-5-24(20)27(32)33)35-18-23-2-1-15-34-23/h3-7,12,16-17,23,30H,1-2,8-11,13-15,18-19H2/t23-/m1/s1. The number of anilines is 1. The Morgan fingerprint density at radius 2 is 2.00 bits per heavy atom. The fourth-order valence-corrected chi connectivity index (χ4v) is 5.83. The molecule has 0 radical (unpaired) electrons. The number of piperidine rings is 1. The summed E-state index contributed by atoms with van der Waals surface area (Å²) >= 11 is 0.